The van der Waals surface area contributed by atoms with Crippen molar-refractivity contribution in [2.75, 3.05) is 32.8 Å². The molecule has 4 atom stereocenters. The molecule has 16 heteroatoms. The molecule has 0 radical (unpaired) electrons. The maximum atomic E-state index is 12.6. The largest absolute Gasteiger partial charge is 0.448 e. The Hall–Kier alpha value is -4.24. The molecule has 46 heavy (non-hydrogen) atoms. The van der Waals surface area contributed by atoms with E-state index >= 15 is 0 Å². The second-order valence-corrected chi connectivity index (χ2v) is 14.0. The van der Waals surface area contributed by atoms with E-state index in [1.165, 1.54) is 0 Å². The van der Waals surface area contributed by atoms with Crippen molar-refractivity contribution in [1.29, 1.82) is 0 Å². The van der Waals surface area contributed by atoms with Gasteiger partial charge in [0.15, 0.2) is 0 Å². The van der Waals surface area contributed by atoms with Crippen LogP contribution in [0.2, 0.25) is 0 Å². The molecule has 256 valence electrons. The summed E-state index contributed by atoms with van der Waals surface area (Å²) in [4.78, 5) is 100. The van der Waals surface area contributed by atoms with E-state index in [-0.39, 0.29) is 56.1 Å². The first kappa shape index (κ1) is 36.2. The first-order valence-electron chi connectivity index (χ1n) is 15.5. The van der Waals surface area contributed by atoms with Crippen LogP contribution in [0.15, 0.2) is 0 Å². The molecule has 3 aliphatic rings. The van der Waals surface area contributed by atoms with E-state index < -0.39 is 65.1 Å². The van der Waals surface area contributed by atoms with Crippen molar-refractivity contribution in [2.45, 2.75) is 73.8 Å². The van der Waals surface area contributed by atoms with Gasteiger partial charge in [0.2, 0.25) is 23.6 Å². The number of hydrogen-bond donors (Lipinski definition) is 4. The standard InChI is InChI=1S/C30H46N6O10/c1-16(2)19-21(37)33-25(41)35(23(19)39)8-10-45-27(43)31-15-30(7)13-18(12-29(5,6)14-30)32-28(44)46-11-9-36-24(40)20(17(3)4)22(38)34-26(36)42/h16-20H,8-15H2,1-7H3,(H,31,43)(H,32,44)(H,33,37,41)(H,34,38,42). The Kier molecular flexibility index (Phi) is 11.4. The molecule has 1 saturated carbocycles. The molecule has 2 heterocycles. The molecule has 10 amide bonds. The zero-order valence-corrected chi connectivity index (χ0v) is 27.5. The van der Waals surface area contributed by atoms with Crippen LogP contribution in [0.1, 0.15) is 67.7 Å². The monoisotopic (exact) mass is 650 g/mol. The topological polar surface area (TPSA) is 210 Å². The quantitative estimate of drug-likeness (QED) is 0.238. The minimum absolute atomic E-state index is 0.207. The van der Waals surface area contributed by atoms with E-state index in [0.717, 1.165) is 16.2 Å². The molecule has 0 aromatic heterocycles. The van der Waals surface area contributed by atoms with E-state index in [2.05, 4.69) is 21.3 Å². The minimum atomic E-state index is -0.996. The fourth-order valence-corrected chi connectivity index (χ4v) is 6.74. The highest BCUT2D eigenvalue weighted by atomic mass is 16.6. The minimum Gasteiger partial charge on any atom is -0.448 e. The predicted molar refractivity (Wildman–Crippen MR) is 161 cm³/mol. The third-order valence-electron chi connectivity index (χ3n) is 8.43. The molecule has 3 fully saturated rings. The van der Waals surface area contributed by atoms with Crippen LogP contribution >= 0.6 is 0 Å². The van der Waals surface area contributed by atoms with Gasteiger partial charge in [-0.3, -0.25) is 39.6 Å². The van der Waals surface area contributed by atoms with Gasteiger partial charge in [-0.05, 0) is 41.9 Å². The third kappa shape index (κ3) is 8.94. The first-order chi connectivity index (χ1) is 21.3. The fraction of sp³-hybridized carbons (Fsp3) is 0.733. The molecule has 0 bridgehead atoms. The Balaban J connectivity index is 1.46. The average molecular weight is 651 g/mol. The highest BCUT2D eigenvalue weighted by Gasteiger charge is 2.44. The van der Waals surface area contributed by atoms with Gasteiger partial charge in [0.25, 0.3) is 0 Å². The molecular weight excluding hydrogens is 604 g/mol. The highest BCUT2D eigenvalue weighted by molar-refractivity contribution is 6.17. The number of barbiturate groups is 2. The summed E-state index contributed by atoms with van der Waals surface area (Å²) in [7, 11) is 0. The van der Waals surface area contributed by atoms with Crippen LogP contribution in [0.3, 0.4) is 0 Å². The van der Waals surface area contributed by atoms with Crippen molar-refractivity contribution < 1.29 is 47.8 Å². The number of carbonyl (C=O) groups is 8. The fourth-order valence-electron chi connectivity index (χ4n) is 6.74. The van der Waals surface area contributed by atoms with Crippen LogP contribution in [0.5, 0.6) is 0 Å². The summed E-state index contributed by atoms with van der Waals surface area (Å²) in [6.45, 7) is 12.1. The van der Waals surface area contributed by atoms with E-state index in [1.54, 1.807) is 27.7 Å². The third-order valence-corrected chi connectivity index (χ3v) is 8.43. The molecule has 2 aliphatic heterocycles. The Morgan fingerprint density at radius 3 is 1.70 bits per heavy atom. The van der Waals surface area contributed by atoms with Crippen molar-refractivity contribution in [3.05, 3.63) is 0 Å². The maximum Gasteiger partial charge on any atom is 0.407 e. The molecule has 2 saturated heterocycles. The lowest BCUT2D eigenvalue weighted by atomic mass is 9.62. The van der Waals surface area contributed by atoms with E-state index in [0.29, 0.717) is 12.8 Å². The lowest BCUT2D eigenvalue weighted by Gasteiger charge is -2.46. The SMILES string of the molecule is CC(C)C1C(=O)NC(=O)N(CCOC(=O)NCC2(C)CC(NC(=O)OCCN3C(=O)NC(=O)C(C(C)C)C3=O)CC(C)(C)C2)C1=O. The second kappa shape index (κ2) is 14.5. The predicted octanol–water partition coefficient (Wildman–Crippen LogP) is 1.73. The number of amides is 10. The van der Waals surface area contributed by atoms with E-state index in [4.69, 9.17) is 9.47 Å². The molecule has 0 aromatic rings. The summed E-state index contributed by atoms with van der Waals surface area (Å²) < 4.78 is 10.5. The number of alkyl carbamates (subject to hydrolysis) is 2. The Bertz CT molecular complexity index is 1270. The van der Waals surface area contributed by atoms with Gasteiger partial charge in [0.1, 0.15) is 25.0 Å². The number of ether oxygens (including phenoxy) is 2. The van der Waals surface area contributed by atoms with Crippen LogP contribution in [0.25, 0.3) is 0 Å². The number of rotatable bonds is 11. The summed E-state index contributed by atoms with van der Waals surface area (Å²) >= 11 is 0. The molecule has 16 nitrogen and oxygen atoms in total. The summed E-state index contributed by atoms with van der Waals surface area (Å²) in [5.41, 5.74) is -0.650. The van der Waals surface area contributed by atoms with Crippen molar-refractivity contribution >= 4 is 47.9 Å². The molecule has 1 aliphatic carbocycles. The second-order valence-electron chi connectivity index (χ2n) is 14.0. The lowest BCUT2D eigenvalue weighted by molar-refractivity contribution is -0.146. The Morgan fingerprint density at radius 1 is 0.783 bits per heavy atom. The van der Waals surface area contributed by atoms with Crippen LogP contribution in [-0.2, 0) is 28.7 Å². The molecule has 4 N–H and O–H groups in total. The maximum absolute atomic E-state index is 12.6. The average Bonchev–Trinajstić information content (AvgIpc) is 2.89. The number of urea groups is 2. The number of imide groups is 4. The van der Waals surface area contributed by atoms with Crippen LogP contribution in [0, 0.1) is 34.5 Å². The van der Waals surface area contributed by atoms with Crippen LogP contribution in [0.4, 0.5) is 19.2 Å². The normalized spacial score (nSPS) is 26.6. The summed E-state index contributed by atoms with van der Waals surface area (Å²) in [6, 6.07) is -2.01. The summed E-state index contributed by atoms with van der Waals surface area (Å²) in [6.07, 6.45) is 0.398. The zero-order valence-electron chi connectivity index (χ0n) is 27.5. The zero-order chi connectivity index (χ0) is 34.6. The molecule has 0 aromatic carbocycles. The van der Waals surface area contributed by atoms with Gasteiger partial charge < -0.3 is 20.1 Å². The number of nitrogens with one attached hydrogen (secondary N) is 4. The van der Waals surface area contributed by atoms with Gasteiger partial charge in [-0.25, -0.2) is 19.2 Å². The van der Waals surface area contributed by atoms with Gasteiger partial charge in [-0.2, -0.15) is 0 Å². The molecular formula is C30H46N6O10. The van der Waals surface area contributed by atoms with Gasteiger partial charge >= 0.3 is 24.2 Å². The summed E-state index contributed by atoms with van der Waals surface area (Å²) in [5, 5.41) is 9.88. The number of hydrogen-bond acceptors (Lipinski definition) is 10. The Labute approximate surface area is 268 Å². The Morgan fingerprint density at radius 2 is 1.24 bits per heavy atom. The van der Waals surface area contributed by atoms with Crippen molar-refractivity contribution in [3.63, 3.8) is 0 Å². The van der Waals surface area contributed by atoms with Gasteiger partial charge in [-0.15, -0.1) is 0 Å². The van der Waals surface area contributed by atoms with Crippen molar-refractivity contribution in [1.82, 2.24) is 31.1 Å². The number of carbonyl (C=O) groups excluding carboxylic acids is 8. The van der Waals surface area contributed by atoms with Crippen LogP contribution < -0.4 is 21.3 Å². The first-order valence-corrected chi connectivity index (χ1v) is 15.5. The van der Waals surface area contributed by atoms with Crippen molar-refractivity contribution in [2.24, 2.45) is 34.5 Å². The lowest BCUT2D eigenvalue weighted by Crippen LogP contribution is -2.59. The van der Waals surface area contributed by atoms with Gasteiger partial charge in [0, 0.05) is 12.6 Å². The highest BCUT2D eigenvalue weighted by Crippen LogP contribution is 2.45. The van der Waals surface area contributed by atoms with E-state index in [9.17, 15) is 38.4 Å². The van der Waals surface area contributed by atoms with E-state index in [1.807, 2.05) is 20.8 Å². The number of nitrogens with zero attached hydrogens (tertiary/aromatic N) is 2. The molecule has 4 unspecified atom stereocenters. The molecule has 0 spiro atoms. The van der Waals surface area contributed by atoms with Gasteiger partial charge in [0.05, 0.1) is 13.1 Å². The smallest absolute Gasteiger partial charge is 0.407 e. The van der Waals surface area contributed by atoms with Crippen LogP contribution in [-0.4, -0.2) is 96.6 Å². The molecule has 3 rings (SSSR count). The van der Waals surface area contributed by atoms with Crippen molar-refractivity contribution in [3.8, 4) is 0 Å². The summed E-state index contributed by atoms with van der Waals surface area (Å²) in [5.74, 6) is -5.18. The van der Waals surface area contributed by atoms with Gasteiger partial charge in [-0.1, -0.05) is 48.5 Å².